The van der Waals surface area contributed by atoms with Crippen LogP contribution in [0, 0.1) is 0 Å². The molecule has 0 fully saturated rings. The van der Waals surface area contributed by atoms with Gasteiger partial charge in [0.15, 0.2) is 0 Å². The molecular weight excluding hydrogens is 180 g/mol. The van der Waals surface area contributed by atoms with Crippen LogP contribution in [-0.4, -0.2) is 11.2 Å². The van der Waals surface area contributed by atoms with Gasteiger partial charge < -0.3 is 0 Å². The lowest BCUT2D eigenvalue weighted by atomic mass is 10.2. The molecule has 0 bridgehead atoms. The Balaban J connectivity index is 2.50. The molecule has 0 saturated carbocycles. The van der Waals surface area contributed by atoms with Gasteiger partial charge in [0.1, 0.15) is 0 Å². The van der Waals surface area contributed by atoms with Gasteiger partial charge in [0.05, 0.1) is 0 Å². The average molecular weight is 190 g/mol. The molecule has 0 aliphatic carbocycles. The van der Waals surface area contributed by atoms with E-state index in [1.165, 1.54) is 6.08 Å². The summed E-state index contributed by atoms with van der Waals surface area (Å²) in [6, 6.07) is 9.65. The van der Waals surface area contributed by atoms with Crippen molar-refractivity contribution in [2.45, 2.75) is 0 Å². The van der Waals surface area contributed by atoms with Crippen LogP contribution in [-0.2, 0) is 9.68 Å². The van der Waals surface area contributed by atoms with Crippen molar-refractivity contribution in [3.8, 4) is 0 Å². The Morgan fingerprint density at radius 1 is 1.21 bits per heavy atom. The molecule has 14 heavy (non-hydrogen) atoms. The lowest BCUT2D eigenvalue weighted by molar-refractivity contribution is -0.228. The molecule has 0 aliphatic rings. The first kappa shape index (κ1) is 10.2. The van der Waals surface area contributed by atoms with E-state index in [4.69, 9.17) is 5.26 Å². The Morgan fingerprint density at radius 2 is 1.93 bits per heavy atom. The minimum absolute atomic E-state index is 0.789. The Bertz CT molecular complexity index is 339. The number of allylic oxidation sites excluding steroid dienone is 2. The minimum atomic E-state index is -0.789. The maximum absolute atomic E-state index is 10.4. The van der Waals surface area contributed by atoms with Gasteiger partial charge in [-0.3, -0.25) is 4.89 Å². The van der Waals surface area contributed by atoms with Crippen molar-refractivity contribution in [2.24, 2.45) is 0 Å². The Labute approximate surface area is 81.9 Å². The Hall–Kier alpha value is -1.87. The monoisotopic (exact) mass is 190 g/mol. The van der Waals surface area contributed by atoms with Gasteiger partial charge in [0, 0.05) is 6.08 Å². The second-order valence-corrected chi connectivity index (χ2v) is 2.54. The molecule has 0 radical (unpaired) electrons. The number of benzene rings is 1. The van der Waals surface area contributed by atoms with Gasteiger partial charge in [0.2, 0.25) is 0 Å². The van der Waals surface area contributed by atoms with Crippen LogP contribution in [0.15, 0.2) is 48.6 Å². The highest BCUT2D eigenvalue weighted by Gasteiger charge is 1.89. The quantitative estimate of drug-likeness (QED) is 0.344. The highest BCUT2D eigenvalue weighted by Crippen LogP contribution is 2.00. The zero-order chi connectivity index (χ0) is 10.2. The molecule has 0 spiro atoms. The number of carbonyl (C=O) groups is 1. The highest BCUT2D eigenvalue weighted by atomic mass is 17.1. The van der Waals surface area contributed by atoms with Gasteiger partial charge in [-0.2, -0.15) is 5.26 Å². The van der Waals surface area contributed by atoms with E-state index in [1.54, 1.807) is 6.08 Å². The number of rotatable bonds is 3. The summed E-state index contributed by atoms with van der Waals surface area (Å²) in [7, 11) is 0. The molecule has 0 saturated heterocycles. The molecule has 3 nitrogen and oxygen atoms in total. The van der Waals surface area contributed by atoms with Crippen molar-refractivity contribution in [1.29, 1.82) is 0 Å². The predicted octanol–water partition coefficient (Wildman–Crippen LogP) is 2.27. The summed E-state index contributed by atoms with van der Waals surface area (Å²) >= 11 is 0. The molecular formula is C11H10O3. The number of hydrogen-bond donors (Lipinski definition) is 1. The third-order valence-electron chi connectivity index (χ3n) is 1.52. The van der Waals surface area contributed by atoms with E-state index >= 15 is 0 Å². The molecule has 3 heteroatoms. The predicted molar refractivity (Wildman–Crippen MR) is 53.3 cm³/mol. The summed E-state index contributed by atoms with van der Waals surface area (Å²) in [5.41, 5.74) is 1.04. The standard InChI is InChI=1S/C11H10O3/c12-11(14-13)9-5-4-8-10-6-2-1-3-7-10/h1-9,13H. The van der Waals surface area contributed by atoms with Crippen LogP contribution in [0.1, 0.15) is 5.56 Å². The SMILES string of the molecule is O=C(C=CC=Cc1ccccc1)OO. The maximum Gasteiger partial charge on any atom is 0.365 e. The van der Waals surface area contributed by atoms with Crippen molar-refractivity contribution < 1.29 is 14.9 Å². The van der Waals surface area contributed by atoms with E-state index in [1.807, 2.05) is 36.4 Å². The van der Waals surface area contributed by atoms with Crippen LogP contribution in [0.4, 0.5) is 0 Å². The van der Waals surface area contributed by atoms with Crippen molar-refractivity contribution in [3.63, 3.8) is 0 Å². The molecule has 0 heterocycles. The van der Waals surface area contributed by atoms with Crippen LogP contribution in [0.3, 0.4) is 0 Å². The first-order valence-corrected chi connectivity index (χ1v) is 4.08. The summed E-state index contributed by atoms with van der Waals surface area (Å²) in [6.07, 6.45) is 6.14. The summed E-state index contributed by atoms with van der Waals surface area (Å²) in [6.45, 7) is 0. The first-order valence-electron chi connectivity index (χ1n) is 4.08. The molecule has 1 rings (SSSR count). The number of carbonyl (C=O) groups excluding carboxylic acids is 1. The second kappa shape index (κ2) is 5.72. The summed E-state index contributed by atoms with van der Waals surface area (Å²) in [5, 5.41) is 7.93. The molecule has 1 N–H and O–H groups in total. The largest absolute Gasteiger partial charge is 0.365 e. The van der Waals surface area contributed by atoms with Gasteiger partial charge in [-0.05, 0) is 5.56 Å². The lowest BCUT2D eigenvalue weighted by Gasteiger charge is -1.88. The summed E-state index contributed by atoms with van der Waals surface area (Å²) < 4.78 is 0. The number of hydrogen-bond acceptors (Lipinski definition) is 3. The zero-order valence-corrected chi connectivity index (χ0v) is 7.46. The van der Waals surface area contributed by atoms with Gasteiger partial charge in [-0.25, -0.2) is 4.79 Å². The molecule has 1 aromatic carbocycles. The fourth-order valence-corrected chi connectivity index (χ4v) is 0.895. The molecule has 0 aliphatic heterocycles. The maximum atomic E-state index is 10.4. The molecule has 1 aromatic rings. The van der Waals surface area contributed by atoms with Crippen molar-refractivity contribution in [2.75, 3.05) is 0 Å². The average Bonchev–Trinajstić information content (AvgIpc) is 2.25. The molecule has 0 amide bonds. The van der Waals surface area contributed by atoms with Gasteiger partial charge in [-0.1, -0.05) is 48.6 Å². The summed E-state index contributed by atoms with van der Waals surface area (Å²) in [5.74, 6) is -0.789. The van der Waals surface area contributed by atoms with Crippen LogP contribution >= 0.6 is 0 Å². The van der Waals surface area contributed by atoms with E-state index in [0.29, 0.717) is 0 Å². The smallest absolute Gasteiger partial charge is 0.296 e. The Kier molecular flexibility index (Phi) is 4.17. The second-order valence-electron chi connectivity index (χ2n) is 2.54. The molecule has 0 atom stereocenters. The van der Waals surface area contributed by atoms with E-state index in [9.17, 15) is 4.79 Å². The molecule has 0 unspecified atom stereocenters. The van der Waals surface area contributed by atoms with Gasteiger partial charge in [-0.15, -0.1) is 0 Å². The van der Waals surface area contributed by atoms with Crippen molar-refractivity contribution >= 4 is 12.0 Å². The van der Waals surface area contributed by atoms with E-state index in [-0.39, 0.29) is 0 Å². The van der Waals surface area contributed by atoms with Crippen LogP contribution in [0.5, 0.6) is 0 Å². The van der Waals surface area contributed by atoms with Gasteiger partial charge in [0.25, 0.3) is 0 Å². The summed E-state index contributed by atoms with van der Waals surface area (Å²) in [4.78, 5) is 13.9. The van der Waals surface area contributed by atoms with Gasteiger partial charge >= 0.3 is 5.97 Å². The van der Waals surface area contributed by atoms with E-state index in [0.717, 1.165) is 11.6 Å². The van der Waals surface area contributed by atoms with Crippen LogP contribution in [0.25, 0.3) is 6.08 Å². The van der Waals surface area contributed by atoms with E-state index in [2.05, 4.69) is 4.89 Å². The minimum Gasteiger partial charge on any atom is -0.296 e. The fourth-order valence-electron chi connectivity index (χ4n) is 0.895. The van der Waals surface area contributed by atoms with Crippen molar-refractivity contribution in [1.82, 2.24) is 0 Å². The highest BCUT2D eigenvalue weighted by molar-refractivity contribution is 5.81. The fraction of sp³-hybridized carbons (Fsp3) is 0. The van der Waals surface area contributed by atoms with E-state index < -0.39 is 5.97 Å². The lowest BCUT2D eigenvalue weighted by Crippen LogP contribution is -1.93. The molecule has 72 valence electrons. The zero-order valence-electron chi connectivity index (χ0n) is 7.46. The normalized spacial score (nSPS) is 10.9. The first-order chi connectivity index (χ1) is 6.83. The van der Waals surface area contributed by atoms with Crippen LogP contribution in [0.2, 0.25) is 0 Å². The third-order valence-corrected chi connectivity index (χ3v) is 1.52. The third kappa shape index (κ3) is 3.69. The van der Waals surface area contributed by atoms with Crippen LogP contribution < -0.4 is 0 Å². The van der Waals surface area contributed by atoms with Crippen molar-refractivity contribution in [3.05, 3.63) is 54.1 Å². The Morgan fingerprint density at radius 3 is 2.57 bits per heavy atom. The molecule has 0 aromatic heterocycles. The topological polar surface area (TPSA) is 46.5 Å².